The van der Waals surface area contributed by atoms with Crippen LogP contribution >= 0.6 is 0 Å². The molecule has 2 aromatic carbocycles. The molecule has 1 aromatic heterocycles. The van der Waals surface area contributed by atoms with Crippen molar-refractivity contribution < 1.29 is 19.4 Å². The van der Waals surface area contributed by atoms with Gasteiger partial charge in [0.25, 0.3) is 0 Å². The van der Waals surface area contributed by atoms with Gasteiger partial charge in [-0.3, -0.25) is 0 Å². The number of aromatic amines is 1. The van der Waals surface area contributed by atoms with Crippen LogP contribution in [0, 0.1) is 0 Å². The molecule has 0 aliphatic rings. The molecule has 5 nitrogen and oxygen atoms in total. The smallest absolute Gasteiger partial charge is 0.354 e. The highest BCUT2D eigenvalue weighted by Gasteiger charge is 2.13. The maximum atomic E-state index is 11.9. The third-order valence-electron chi connectivity index (χ3n) is 3.60. The van der Waals surface area contributed by atoms with E-state index in [-0.39, 0.29) is 5.56 Å². The Morgan fingerprint density at radius 2 is 1.87 bits per heavy atom. The summed E-state index contributed by atoms with van der Waals surface area (Å²) < 4.78 is 5.01. The predicted octanol–water partition coefficient (Wildman–Crippen LogP) is 3.71. The Morgan fingerprint density at radius 1 is 1.13 bits per heavy atom. The van der Waals surface area contributed by atoms with Gasteiger partial charge < -0.3 is 14.8 Å². The molecule has 3 aromatic rings. The van der Waals surface area contributed by atoms with Crippen LogP contribution in [0.25, 0.3) is 22.0 Å². The van der Waals surface area contributed by atoms with Gasteiger partial charge in [0.05, 0.1) is 12.2 Å². The van der Waals surface area contributed by atoms with E-state index in [1.807, 2.05) is 18.2 Å². The lowest BCUT2D eigenvalue weighted by atomic mass is 10.0. The molecule has 0 saturated heterocycles. The van der Waals surface area contributed by atoms with Crippen molar-refractivity contribution in [2.75, 3.05) is 6.61 Å². The molecule has 0 radical (unpaired) electrons. The Bertz CT molecular complexity index is 878. The molecule has 0 amide bonds. The number of ether oxygens (including phenoxy) is 1. The number of carbonyl (C=O) groups excluding carboxylic acids is 1. The van der Waals surface area contributed by atoms with Crippen LogP contribution in [0.4, 0.5) is 0 Å². The molecule has 116 valence electrons. The number of fused-ring (bicyclic) bond motifs is 1. The van der Waals surface area contributed by atoms with Gasteiger partial charge in [-0.15, -0.1) is 0 Å². The van der Waals surface area contributed by atoms with Crippen LogP contribution in [0.15, 0.2) is 48.5 Å². The zero-order valence-electron chi connectivity index (χ0n) is 12.5. The Balaban J connectivity index is 2.07. The molecule has 1 heterocycles. The first kappa shape index (κ1) is 14.8. The van der Waals surface area contributed by atoms with Crippen molar-refractivity contribution in [3.8, 4) is 11.1 Å². The van der Waals surface area contributed by atoms with Crippen molar-refractivity contribution in [2.45, 2.75) is 6.92 Å². The molecule has 3 rings (SSSR count). The molecule has 0 aliphatic carbocycles. The van der Waals surface area contributed by atoms with Crippen LogP contribution in [0.5, 0.6) is 0 Å². The average molecular weight is 309 g/mol. The van der Waals surface area contributed by atoms with E-state index in [9.17, 15) is 9.59 Å². The monoisotopic (exact) mass is 309 g/mol. The van der Waals surface area contributed by atoms with Crippen molar-refractivity contribution in [3.63, 3.8) is 0 Å². The second-order valence-electron chi connectivity index (χ2n) is 5.05. The lowest BCUT2D eigenvalue weighted by Crippen LogP contribution is -2.04. The second-order valence-corrected chi connectivity index (χ2v) is 5.05. The fourth-order valence-electron chi connectivity index (χ4n) is 2.52. The van der Waals surface area contributed by atoms with Gasteiger partial charge in [0.1, 0.15) is 5.69 Å². The number of esters is 1. The Morgan fingerprint density at radius 3 is 2.52 bits per heavy atom. The molecule has 0 fully saturated rings. The summed E-state index contributed by atoms with van der Waals surface area (Å²) in [5.41, 5.74) is 3.27. The first-order valence-electron chi connectivity index (χ1n) is 7.22. The maximum Gasteiger partial charge on any atom is 0.354 e. The summed E-state index contributed by atoms with van der Waals surface area (Å²) in [7, 11) is 0. The van der Waals surface area contributed by atoms with Crippen LogP contribution in [-0.4, -0.2) is 28.6 Å². The van der Waals surface area contributed by atoms with E-state index in [4.69, 9.17) is 9.84 Å². The highest BCUT2D eigenvalue weighted by atomic mass is 16.5. The number of carboxylic acids is 1. The predicted molar refractivity (Wildman–Crippen MR) is 86.7 cm³/mol. The van der Waals surface area contributed by atoms with E-state index in [0.29, 0.717) is 12.3 Å². The lowest BCUT2D eigenvalue weighted by Gasteiger charge is -2.04. The van der Waals surface area contributed by atoms with Gasteiger partial charge in [-0.25, -0.2) is 9.59 Å². The minimum absolute atomic E-state index is 0.238. The van der Waals surface area contributed by atoms with E-state index in [2.05, 4.69) is 4.98 Å². The maximum absolute atomic E-state index is 11.9. The van der Waals surface area contributed by atoms with Gasteiger partial charge in [0, 0.05) is 10.9 Å². The van der Waals surface area contributed by atoms with Crippen molar-refractivity contribution in [1.29, 1.82) is 0 Å². The molecular weight excluding hydrogens is 294 g/mol. The van der Waals surface area contributed by atoms with Crippen LogP contribution in [0.3, 0.4) is 0 Å². The highest BCUT2D eigenvalue weighted by molar-refractivity contribution is 6.01. The summed E-state index contributed by atoms with van der Waals surface area (Å²) in [5.74, 6) is -1.35. The fraction of sp³-hybridized carbons (Fsp3) is 0.111. The number of carbonyl (C=O) groups is 2. The number of aromatic nitrogens is 1. The normalized spacial score (nSPS) is 10.7. The molecule has 0 atom stereocenters. The third kappa shape index (κ3) is 2.81. The summed E-state index contributed by atoms with van der Waals surface area (Å²) >= 11 is 0. The standard InChI is InChI=1S/C18H15NO4/c1-2-23-18(22)16-10-14-13(4-3-5-15(14)19-16)11-6-8-12(9-7-11)17(20)21/h3-10,19H,2H2,1H3,(H,20,21). The lowest BCUT2D eigenvalue weighted by molar-refractivity contribution is 0.0520. The van der Waals surface area contributed by atoms with E-state index in [1.54, 1.807) is 37.3 Å². The van der Waals surface area contributed by atoms with E-state index >= 15 is 0 Å². The number of aromatic carboxylic acids is 1. The average Bonchev–Trinajstić information content (AvgIpc) is 2.99. The Hall–Kier alpha value is -3.08. The Kier molecular flexibility index (Phi) is 3.85. The molecule has 2 N–H and O–H groups in total. The zero-order chi connectivity index (χ0) is 16.4. The van der Waals surface area contributed by atoms with Crippen LogP contribution < -0.4 is 0 Å². The first-order chi connectivity index (χ1) is 11.1. The molecule has 23 heavy (non-hydrogen) atoms. The van der Waals surface area contributed by atoms with Crippen LogP contribution in [0.2, 0.25) is 0 Å². The van der Waals surface area contributed by atoms with E-state index < -0.39 is 11.9 Å². The summed E-state index contributed by atoms with van der Waals surface area (Å²) in [6.45, 7) is 2.08. The van der Waals surface area contributed by atoms with Crippen molar-refractivity contribution >= 4 is 22.8 Å². The summed E-state index contributed by atoms with van der Waals surface area (Å²) in [6.07, 6.45) is 0. The molecule has 5 heteroatoms. The number of rotatable bonds is 4. The van der Waals surface area contributed by atoms with Crippen molar-refractivity contribution in [3.05, 3.63) is 59.8 Å². The van der Waals surface area contributed by atoms with E-state index in [1.165, 1.54) is 0 Å². The van der Waals surface area contributed by atoms with Gasteiger partial charge in [-0.05, 0) is 42.3 Å². The number of hydrogen-bond donors (Lipinski definition) is 2. The van der Waals surface area contributed by atoms with Crippen LogP contribution in [-0.2, 0) is 4.74 Å². The van der Waals surface area contributed by atoms with Gasteiger partial charge in [-0.2, -0.15) is 0 Å². The topological polar surface area (TPSA) is 79.4 Å². The van der Waals surface area contributed by atoms with Gasteiger partial charge in [0.15, 0.2) is 0 Å². The minimum Gasteiger partial charge on any atom is -0.478 e. The summed E-state index contributed by atoms with van der Waals surface area (Å²) in [4.78, 5) is 25.9. The number of carboxylic acid groups (broad SMARTS) is 1. The molecule has 0 bridgehead atoms. The second kappa shape index (κ2) is 5.96. The summed E-state index contributed by atoms with van der Waals surface area (Å²) in [6, 6.07) is 14.1. The molecule has 0 aliphatic heterocycles. The zero-order valence-corrected chi connectivity index (χ0v) is 12.5. The summed E-state index contributed by atoms with van der Waals surface area (Å²) in [5, 5.41) is 9.86. The van der Waals surface area contributed by atoms with Gasteiger partial charge in [-0.1, -0.05) is 24.3 Å². The highest BCUT2D eigenvalue weighted by Crippen LogP contribution is 2.29. The van der Waals surface area contributed by atoms with Crippen molar-refractivity contribution in [1.82, 2.24) is 4.98 Å². The molecule has 0 saturated carbocycles. The molecule has 0 unspecified atom stereocenters. The molecular formula is C18H15NO4. The number of benzene rings is 2. The largest absolute Gasteiger partial charge is 0.478 e. The third-order valence-corrected chi connectivity index (χ3v) is 3.60. The van der Waals surface area contributed by atoms with Crippen molar-refractivity contribution in [2.24, 2.45) is 0 Å². The quantitative estimate of drug-likeness (QED) is 0.720. The number of nitrogens with one attached hydrogen (secondary N) is 1. The number of H-pyrrole nitrogens is 1. The van der Waals surface area contributed by atoms with Gasteiger partial charge in [0.2, 0.25) is 0 Å². The minimum atomic E-state index is -0.957. The Labute approximate surface area is 132 Å². The SMILES string of the molecule is CCOC(=O)c1cc2c(-c3ccc(C(=O)O)cc3)cccc2[nH]1. The molecule has 0 spiro atoms. The fourth-order valence-corrected chi connectivity index (χ4v) is 2.52. The first-order valence-corrected chi connectivity index (χ1v) is 7.22. The van der Waals surface area contributed by atoms with Crippen LogP contribution in [0.1, 0.15) is 27.8 Å². The number of hydrogen-bond acceptors (Lipinski definition) is 3. The van der Waals surface area contributed by atoms with E-state index in [0.717, 1.165) is 22.0 Å². The van der Waals surface area contributed by atoms with Gasteiger partial charge >= 0.3 is 11.9 Å².